The van der Waals surface area contributed by atoms with Crippen LogP contribution in [0.15, 0.2) is 0 Å². The molecule has 3 N–H and O–H groups in total. The normalized spacial score (nSPS) is 31.7. The third-order valence-corrected chi connectivity index (χ3v) is 4.39. The van der Waals surface area contributed by atoms with E-state index in [1.54, 1.807) is 0 Å². The maximum atomic E-state index is 11.9. The van der Waals surface area contributed by atoms with Crippen molar-refractivity contribution in [3.63, 3.8) is 0 Å². The van der Waals surface area contributed by atoms with E-state index >= 15 is 0 Å². The van der Waals surface area contributed by atoms with Crippen LogP contribution >= 0.6 is 0 Å². The van der Waals surface area contributed by atoms with Gasteiger partial charge in [-0.3, -0.25) is 9.59 Å². The minimum absolute atomic E-state index is 0.0240. The second-order valence-electron chi connectivity index (χ2n) is 5.80. The van der Waals surface area contributed by atoms with E-state index in [0.717, 1.165) is 51.5 Å². The van der Waals surface area contributed by atoms with E-state index in [-0.39, 0.29) is 17.9 Å². The lowest BCUT2D eigenvalue weighted by atomic mass is 9.82. The highest BCUT2D eigenvalue weighted by molar-refractivity contribution is 5.81. The zero-order valence-electron chi connectivity index (χ0n) is 11.4. The lowest BCUT2D eigenvalue weighted by molar-refractivity contribution is -0.143. The number of hydrogen-bond donors (Lipinski definition) is 3. The van der Waals surface area contributed by atoms with Gasteiger partial charge in [-0.1, -0.05) is 6.42 Å². The van der Waals surface area contributed by atoms with Gasteiger partial charge in [-0.15, -0.1) is 0 Å². The minimum atomic E-state index is -0.672. The Morgan fingerprint density at radius 2 is 1.84 bits per heavy atom. The number of carbonyl (C=O) groups is 2. The second-order valence-corrected chi connectivity index (χ2v) is 5.80. The van der Waals surface area contributed by atoms with Crippen molar-refractivity contribution in [1.29, 1.82) is 0 Å². The first-order chi connectivity index (χ1) is 9.16. The number of hydrogen-bond acceptors (Lipinski definition) is 3. The first-order valence-electron chi connectivity index (χ1n) is 7.40. The highest BCUT2D eigenvalue weighted by atomic mass is 16.4. The van der Waals surface area contributed by atoms with E-state index in [4.69, 9.17) is 5.11 Å². The van der Waals surface area contributed by atoms with E-state index in [1.807, 2.05) is 0 Å². The van der Waals surface area contributed by atoms with Crippen LogP contribution in [-0.2, 0) is 9.59 Å². The molecule has 5 heteroatoms. The third kappa shape index (κ3) is 4.20. The molecule has 1 amide bonds. The Morgan fingerprint density at radius 1 is 1.11 bits per heavy atom. The summed E-state index contributed by atoms with van der Waals surface area (Å²) in [4.78, 5) is 22.8. The Balaban J connectivity index is 1.66. The van der Waals surface area contributed by atoms with Gasteiger partial charge in [0, 0.05) is 6.54 Å². The summed E-state index contributed by atoms with van der Waals surface area (Å²) in [5.41, 5.74) is 0. The molecule has 1 heterocycles. The van der Waals surface area contributed by atoms with Gasteiger partial charge < -0.3 is 15.7 Å². The molecule has 0 aromatic carbocycles. The molecule has 2 fully saturated rings. The van der Waals surface area contributed by atoms with Gasteiger partial charge in [-0.05, 0) is 51.0 Å². The largest absolute Gasteiger partial charge is 0.481 e. The molecule has 0 radical (unpaired) electrons. The molecule has 1 aliphatic carbocycles. The number of carboxylic acids is 1. The zero-order chi connectivity index (χ0) is 13.7. The quantitative estimate of drug-likeness (QED) is 0.714. The lowest BCUT2D eigenvalue weighted by Gasteiger charge is -2.28. The third-order valence-electron chi connectivity index (χ3n) is 4.39. The Labute approximate surface area is 114 Å². The SMILES string of the molecule is O=C(O)C1CCC(CNC(=O)[C@@H]2CCCCN2)CC1. The zero-order valence-corrected chi connectivity index (χ0v) is 11.4. The van der Waals surface area contributed by atoms with Crippen LogP contribution in [0.5, 0.6) is 0 Å². The summed E-state index contributed by atoms with van der Waals surface area (Å²) in [5, 5.41) is 15.2. The van der Waals surface area contributed by atoms with Gasteiger partial charge in [0.25, 0.3) is 0 Å². The van der Waals surface area contributed by atoms with Crippen LogP contribution in [0, 0.1) is 11.8 Å². The van der Waals surface area contributed by atoms with Crippen LogP contribution in [0.3, 0.4) is 0 Å². The van der Waals surface area contributed by atoms with Crippen molar-refractivity contribution in [2.45, 2.75) is 51.0 Å². The molecule has 0 unspecified atom stereocenters. The molecule has 1 aliphatic heterocycles. The number of nitrogens with one attached hydrogen (secondary N) is 2. The molecule has 108 valence electrons. The van der Waals surface area contributed by atoms with E-state index in [9.17, 15) is 9.59 Å². The van der Waals surface area contributed by atoms with Gasteiger partial charge in [0.15, 0.2) is 0 Å². The molecule has 1 atom stereocenters. The first-order valence-corrected chi connectivity index (χ1v) is 7.40. The summed E-state index contributed by atoms with van der Waals surface area (Å²) >= 11 is 0. The molecule has 5 nitrogen and oxygen atoms in total. The number of rotatable bonds is 4. The predicted molar refractivity (Wildman–Crippen MR) is 71.7 cm³/mol. The van der Waals surface area contributed by atoms with E-state index in [0.29, 0.717) is 12.5 Å². The number of amides is 1. The Bertz CT molecular complexity index is 319. The molecule has 0 bridgehead atoms. The summed E-state index contributed by atoms with van der Waals surface area (Å²) in [6.45, 7) is 1.63. The molecule has 0 spiro atoms. The maximum absolute atomic E-state index is 11.9. The molecular weight excluding hydrogens is 244 g/mol. The summed E-state index contributed by atoms with van der Waals surface area (Å²) in [6, 6.07) is -0.0240. The molecule has 2 rings (SSSR count). The van der Waals surface area contributed by atoms with Crippen LogP contribution in [0.4, 0.5) is 0 Å². The molecule has 19 heavy (non-hydrogen) atoms. The number of piperidine rings is 1. The Morgan fingerprint density at radius 3 is 2.42 bits per heavy atom. The van der Waals surface area contributed by atoms with Gasteiger partial charge in [0.1, 0.15) is 0 Å². The van der Waals surface area contributed by atoms with Crippen LogP contribution in [0.25, 0.3) is 0 Å². The molecule has 1 saturated carbocycles. The van der Waals surface area contributed by atoms with Crippen molar-refractivity contribution in [1.82, 2.24) is 10.6 Å². The number of carbonyl (C=O) groups excluding carboxylic acids is 1. The van der Waals surface area contributed by atoms with Gasteiger partial charge >= 0.3 is 5.97 Å². The number of aliphatic carboxylic acids is 1. The fourth-order valence-electron chi connectivity index (χ4n) is 3.06. The monoisotopic (exact) mass is 268 g/mol. The molecule has 2 aliphatic rings. The molecular formula is C14H24N2O3. The summed E-state index contributed by atoms with van der Waals surface area (Å²) < 4.78 is 0. The lowest BCUT2D eigenvalue weighted by Crippen LogP contribution is -2.47. The summed E-state index contributed by atoms with van der Waals surface area (Å²) in [7, 11) is 0. The Kier molecular flexibility index (Phi) is 5.19. The fourth-order valence-corrected chi connectivity index (χ4v) is 3.06. The minimum Gasteiger partial charge on any atom is -0.481 e. The van der Waals surface area contributed by atoms with Crippen LogP contribution in [-0.4, -0.2) is 36.1 Å². The maximum Gasteiger partial charge on any atom is 0.306 e. The highest BCUT2D eigenvalue weighted by Gasteiger charge is 2.27. The van der Waals surface area contributed by atoms with E-state index < -0.39 is 5.97 Å². The van der Waals surface area contributed by atoms with Gasteiger partial charge in [-0.2, -0.15) is 0 Å². The summed E-state index contributed by atoms with van der Waals surface area (Å²) in [5.74, 6) is -0.288. The van der Waals surface area contributed by atoms with Crippen LogP contribution in [0.2, 0.25) is 0 Å². The van der Waals surface area contributed by atoms with Crippen molar-refractivity contribution >= 4 is 11.9 Å². The van der Waals surface area contributed by atoms with Crippen molar-refractivity contribution in [2.24, 2.45) is 11.8 Å². The van der Waals surface area contributed by atoms with Crippen LogP contribution < -0.4 is 10.6 Å². The Hall–Kier alpha value is -1.10. The van der Waals surface area contributed by atoms with Crippen LogP contribution in [0.1, 0.15) is 44.9 Å². The van der Waals surface area contributed by atoms with Crippen molar-refractivity contribution in [3.05, 3.63) is 0 Å². The van der Waals surface area contributed by atoms with Gasteiger partial charge in [0.2, 0.25) is 5.91 Å². The first kappa shape index (κ1) is 14.3. The molecule has 0 aromatic rings. The second kappa shape index (κ2) is 6.89. The fraction of sp³-hybridized carbons (Fsp3) is 0.857. The number of carboxylic acid groups (broad SMARTS) is 1. The van der Waals surface area contributed by atoms with Crippen molar-refractivity contribution in [3.8, 4) is 0 Å². The standard InChI is InChI=1S/C14H24N2O3/c17-13(12-3-1-2-8-15-12)16-9-10-4-6-11(7-5-10)14(18)19/h10-12,15H,1-9H2,(H,16,17)(H,18,19)/t10?,11?,12-/m0/s1. The van der Waals surface area contributed by atoms with Crippen molar-refractivity contribution < 1.29 is 14.7 Å². The topological polar surface area (TPSA) is 78.4 Å². The van der Waals surface area contributed by atoms with Gasteiger partial charge in [-0.25, -0.2) is 0 Å². The average molecular weight is 268 g/mol. The predicted octanol–water partition coefficient (Wildman–Crippen LogP) is 1.14. The van der Waals surface area contributed by atoms with E-state index in [2.05, 4.69) is 10.6 Å². The smallest absolute Gasteiger partial charge is 0.306 e. The molecule has 1 saturated heterocycles. The van der Waals surface area contributed by atoms with Crippen molar-refractivity contribution in [2.75, 3.05) is 13.1 Å². The van der Waals surface area contributed by atoms with E-state index in [1.165, 1.54) is 0 Å². The van der Waals surface area contributed by atoms with Gasteiger partial charge in [0.05, 0.1) is 12.0 Å². The average Bonchev–Trinajstić information content (AvgIpc) is 2.46. The summed E-state index contributed by atoms with van der Waals surface area (Å²) in [6.07, 6.45) is 6.52. The molecule has 0 aromatic heterocycles. The highest BCUT2D eigenvalue weighted by Crippen LogP contribution is 2.28.